The molecule has 2 rings (SSSR count). The van der Waals surface area contributed by atoms with E-state index in [0.717, 1.165) is 23.1 Å². The number of hydrogen-bond donors (Lipinski definition) is 2. The summed E-state index contributed by atoms with van der Waals surface area (Å²) in [5, 5.41) is 6.41. The highest BCUT2D eigenvalue weighted by molar-refractivity contribution is 9.10. The second-order valence-corrected chi connectivity index (χ2v) is 5.55. The summed E-state index contributed by atoms with van der Waals surface area (Å²) in [5.74, 6) is 5.68. The zero-order valence-electron chi connectivity index (χ0n) is 9.56. The molecule has 0 aliphatic carbocycles. The lowest BCUT2D eigenvalue weighted by atomic mass is 10.2. The van der Waals surface area contributed by atoms with Gasteiger partial charge in [-0.25, -0.2) is 5.43 Å². The molecule has 6 heteroatoms. The molecule has 17 heavy (non-hydrogen) atoms. The molecule has 0 aliphatic heterocycles. The van der Waals surface area contributed by atoms with Gasteiger partial charge in [-0.05, 0) is 33.8 Å². The molecule has 0 spiro atoms. The monoisotopic (exact) mass is 314 g/mol. The van der Waals surface area contributed by atoms with Crippen LogP contribution >= 0.6 is 27.3 Å². The van der Waals surface area contributed by atoms with E-state index in [4.69, 9.17) is 5.84 Å². The Kier molecular flexibility index (Phi) is 4.33. The Bertz CT molecular complexity index is 466. The van der Waals surface area contributed by atoms with E-state index in [1.54, 1.807) is 11.3 Å². The highest BCUT2D eigenvalue weighted by atomic mass is 79.9. The maximum Gasteiger partial charge on any atom is 0.0981 e. The van der Waals surface area contributed by atoms with Gasteiger partial charge in [0, 0.05) is 11.4 Å². The van der Waals surface area contributed by atoms with E-state index < -0.39 is 0 Å². The van der Waals surface area contributed by atoms with Gasteiger partial charge in [-0.2, -0.15) is 5.10 Å². The van der Waals surface area contributed by atoms with E-state index in [1.807, 2.05) is 22.3 Å². The first-order chi connectivity index (χ1) is 8.27. The molecule has 92 valence electrons. The predicted molar refractivity (Wildman–Crippen MR) is 73.7 cm³/mol. The average molecular weight is 315 g/mol. The van der Waals surface area contributed by atoms with Gasteiger partial charge in [0.2, 0.25) is 0 Å². The number of hydrazine groups is 1. The smallest absolute Gasteiger partial charge is 0.0981 e. The molecule has 1 unspecified atom stereocenters. The Morgan fingerprint density at radius 2 is 2.47 bits per heavy atom. The highest BCUT2D eigenvalue weighted by Gasteiger charge is 2.21. The third-order valence-electron chi connectivity index (χ3n) is 2.54. The third kappa shape index (κ3) is 2.60. The number of hydrogen-bond acceptors (Lipinski definition) is 4. The Morgan fingerprint density at radius 3 is 3.06 bits per heavy atom. The quantitative estimate of drug-likeness (QED) is 0.659. The van der Waals surface area contributed by atoms with Crippen molar-refractivity contribution in [2.24, 2.45) is 5.84 Å². The summed E-state index contributed by atoms with van der Waals surface area (Å²) in [6, 6.07) is 4.09. The lowest BCUT2D eigenvalue weighted by Gasteiger charge is -2.17. The van der Waals surface area contributed by atoms with E-state index >= 15 is 0 Å². The number of halogens is 1. The van der Waals surface area contributed by atoms with E-state index in [-0.39, 0.29) is 6.04 Å². The van der Waals surface area contributed by atoms with Crippen molar-refractivity contribution in [3.8, 4) is 0 Å². The van der Waals surface area contributed by atoms with Crippen LogP contribution in [0.15, 0.2) is 28.2 Å². The van der Waals surface area contributed by atoms with Crippen LogP contribution in [-0.4, -0.2) is 9.78 Å². The van der Waals surface area contributed by atoms with Crippen molar-refractivity contribution in [1.82, 2.24) is 15.2 Å². The topological polar surface area (TPSA) is 55.9 Å². The zero-order chi connectivity index (χ0) is 12.3. The van der Waals surface area contributed by atoms with Gasteiger partial charge in [-0.1, -0.05) is 13.0 Å². The van der Waals surface area contributed by atoms with Gasteiger partial charge in [0.15, 0.2) is 0 Å². The molecule has 0 saturated heterocycles. The van der Waals surface area contributed by atoms with Gasteiger partial charge in [0.25, 0.3) is 0 Å². The fourth-order valence-electron chi connectivity index (χ4n) is 1.80. The molecule has 0 radical (unpaired) electrons. The fraction of sp³-hybridized carbons (Fsp3) is 0.364. The second kappa shape index (κ2) is 5.77. The molecule has 0 saturated carbocycles. The molecule has 0 bridgehead atoms. The van der Waals surface area contributed by atoms with Crippen molar-refractivity contribution in [1.29, 1.82) is 0 Å². The molecule has 0 fully saturated rings. The number of thiophene rings is 1. The molecule has 0 aromatic carbocycles. The molecular formula is C11H15BrN4S. The largest absolute Gasteiger partial charge is 0.270 e. The Balaban J connectivity index is 2.39. The average Bonchev–Trinajstić information content (AvgIpc) is 2.94. The van der Waals surface area contributed by atoms with Gasteiger partial charge in [-0.3, -0.25) is 10.5 Å². The van der Waals surface area contributed by atoms with Crippen LogP contribution in [0.2, 0.25) is 0 Å². The maximum atomic E-state index is 5.68. The van der Waals surface area contributed by atoms with E-state index in [0.29, 0.717) is 0 Å². The first kappa shape index (κ1) is 12.8. The summed E-state index contributed by atoms with van der Waals surface area (Å²) in [5.41, 5.74) is 3.95. The molecule has 1 atom stereocenters. The number of nitrogens with two attached hydrogens (primary N) is 1. The number of rotatable bonds is 5. The summed E-state index contributed by atoms with van der Waals surface area (Å²) in [6.07, 6.45) is 2.87. The Labute approximate surface area is 113 Å². The lowest BCUT2D eigenvalue weighted by Crippen LogP contribution is -2.30. The molecular weight excluding hydrogens is 300 g/mol. The van der Waals surface area contributed by atoms with Crippen LogP contribution in [0, 0.1) is 0 Å². The minimum Gasteiger partial charge on any atom is -0.270 e. The summed E-state index contributed by atoms with van der Waals surface area (Å²) in [7, 11) is 0. The molecule has 2 aromatic rings. The number of nitrogens with one attached hydrogen (secondary N) is 1. The molecule has 0 amide bonds. The summed E-state index contributed by atoms with van der Waals surface area (Å²) >= 11 is 5.22. The van der Waals surface area contributed by atoms with Crippen molar-refractivity contribution in [3.05, 3.63) is 38.8 Å². The SMILES string of the molecule is CCCn1ncc(Br)c1C(NN)c1cccs1. The van der Waals surface area contributed by atoms with Crippen LogP contribution in [0.3, 0.4) is 0 Å². The minimum absolute atomic E-state index is 0.0153. The van der Waals surface area contributed by atoms with Crippen LogP contribution in [0.4, 0.5) is 0 Å². The van der Waals surface area contributed by atoms with E-state index in [9.17, 15) is 0 Å². The number of nitrogens with zero attached hydrogens (tertiary/aromatic N) is 2. The van der Waals surface area contributed by atoms with Gasteiger partial charge < -0.3 is 0 Å². The predicted octanol–water partition coefficient (Wildman–Crippen LogP) is 2.67. The Morgan fingerprint density at radius 1 is 1.65 bits per heavy atom. The summed E-state index contributed by atoms with van der Waals surface area (Å²) in [4.78, 5) is 1.19. The van der Waals surface area contributed by atoms with Crippen LogP contribution in [0.25, 0.3) is 0 Å². The molecule has 4 nitrogen and oxygen atoms in total. The molecule has 0 aliphatic rings. The van der Waals surface area contributed by atoms with Gasteiger partial charge in [0.05, 0.1) is 22.4 Å². The standard InChI is InChI=1S/C11H15BrN4S/c1-2-5-16-11(8(12)7-14-16)10(15-13)9-4-3-6-17-9/h3-4,6-7,10,15H,2,5,13H2,1H3. The van der Waals surface area contributed by atoms with Crippen LogP contribution < -0.4 is 11.3 Å². The van der Waals surface area contributed by atoms with E-state index in [1.165, 1.54) is 4.88 Å². The normalized spacial score (nSPS) is 12.9. The second-order valence-electron chi connectivity index (χ2n) is 3.72. The fourth-order valence-corrected chi connectivity index (χ4v) is 3.11. The maximum absolute atomic E-state index is 5.68. The zero-order valence-corrected chi connectivity index (χ0v) is 12.0. The van der Waals surface area contributed by atoms with Gasteiger partial charge >= 0.3 is 0 Å². The molecule has 2 heterocycles. The van der Waals surface area contributed by atoms with Gasteiger partial charge in [0.1, 0.15) is 0 Å². The van der Waals surface area contributed by atoms with Gasteiger partial charge in [-0.15, -0.1) is 11.3 Å². The van der Waals surface area contributed by atoms with Crippen molar-refractivity contribution in [2.45, 2.75) is 25.9 Å². The third-order valence-corrected chi connectivity index (χ3v) is 4.08. The Hall–Kier alpha value is -0.690. The first-order valence-corrected chi connectivity index (χ1v) is 7.16. The van der Waals surface area contributed by atoms with Crippen molar-refractivity contribution < 1.29 is 0 Å². The van der Waals surface area contributed by atoms with Crippen molar-refractivity contribution in [3.63, 3.8) is 0 Å². The number of aromatic nitrogens is 2. The van der Waals surface area contributed by atoms with Crippen LogP contribution in [0.5, 0.6) is 0 Å². The number of aryl methyl sites for hydroxylation is 1. The summed E-state index contributed by atoms with van der Waals surface area (Å²) < 4.78 is 2.98. The summed E-state index contributed by atoms with van der Waals surface area (Å²) in [6.45, 7) is 3.03. The van der Waals surface area contributed by atoms with Crippen molar-refractivity contribution in [2.75, 3.05) is 0 Å². The highest BCUT2D eigenvalue weighted by Crippen LogP contribution is 2.30. The van der Waals surface area contributed by atoms with Crippen LogP contribution in [0.1, 0.15) is 30.0 Å². The molecule has 3 N–H and O–H groups in total. The minimum atomic E-state index is -0.0153. The van der Waals surface area contributed by atoms with E-state index in [2.05, 4.69) is 39.4 Å². The first-order valence-electron chi connectivity index (χ1n) is 5.48. The molecule has 2 aromatic heterocycles. The van der Waals surface area contributed by atoms with Crippen molar-refractivity contribution >= 4 is 27.3 Å². The van der Waals surface area contributed by atoms with Crippen LogP contribution in [-0.2, 0) is 6.54 Å². The lowest BCUT2D eigenvalue weighted by molar-refractivity contribution is 0.523.